The Kier molecular flexibility index (Phi) is 13.2. The maximum atomic E-state index is 14.0. The largest absolute Gasteiger partial charge is 0.481 e. The molecule has 2 heterocycles. The number of likely N-dealkylation sites (tertiary alicyclic amines) is 2. The molecule has 0 bridgehead atoms. The van der Waals surface area contributed by atoms with Crippen molar-refractivity contribution in [3.8, 4) is 0 Å². The maximum Gasteiger partial charge on any atom is 0.308 e. The van der Waals surface area contributed by atoms with E-state index in [1.165, 1.54) is 7.11 Å². The molecular formula is C31H56N4O7. The summed E-state index contributed by atoms with van der Waals surface area (Å²) in [6.45, 7) is 12.8. The summed E-state index contributed by atoms with van der Waals surface area (Å²) in [6, 6.07) is -1.49. The monoisotopic (exact) mass is 596 g/mol. The molecule has 2 rings (SSSR count). The molecule has 0 aromatic heterocycles. The molecule has 0 aromatic rings. The Bertz CT molecular complexity index is 946. The summed E-state index contributed by atoms with van der Waals surface area (Å²) >= 11 is 0. The van der Waals surface area contributed by atoms with E-state index in [0.717, 1.165) is 32.2 Å². The van der Waals surface area contributed by atoms with Gasteiger partial charge in [-0.1, -0.05) is 34.1 Å². The molecule has 3 amide bonds. The number of nitrogens with one attached hydrogen (secondary N) is 1. The highest BCUT2D eigenvalue weighted by Crippen LogP contribution is 2.30. The zero-order valence-electron chi connectivity index (χ0n) is 27.5. The fourth-order valence-electron chi connectivity index (χ4n) is 6.71. The molecular weight excluding hydrogens is 540 g/mol. The Morgan fingerprint density at radius 3 is 2.19 bits per heavy atom. The Morgan fingerprint density at radius 2 is 1.71 bits per heavy atom. The molecule has 42 heavy (non-hydrogen) atoms. The van der Waals surface area contributed by atoms with E-state index in [4.69, 9.17) is 9.47 Å². The predicted octanol–water partition coefficient (Wildman–Crippen LogP) is 2.62. The van der Waals surface area contributed by atoms with Crippen molar-refractivity contribution in [2.75, 3.05) is 41.4 Å². The number of amides is 3. The van der Waals surface area contributed by atoms with Gasteiger partial charge in [-0.2, -0.15) is 0 Å². The Labute approximate surface area is 252 Å². The van der Waals surface area contributed by atoms with Crippen LogP contribution in [-0.4, -0.2) is 121 Å². The number of carboxylic acid groups (broad SMARTS) is 1. The third kappa shape index (κ3) is 7.82. The number of carbonyl (C=O) groups is 4. The lowest BCUT2D eigenvalue weighted by molar-refractivity contribution is -0.152. The highest BCUT2D eigenvalue weighted by atomic mass is 16.5. The number of aliphatic carboxylic acids is 1. The van der Waals surface area contributed by atoms with E-state index in [9.17, 15) is 24.3 Å². The molecule has 242 valence electrons. The molecule has 11 heteroatoms. The first-order valence-corrected chi connectivity index (χ1v) is 15.5. The van der Waals surface area contributed by atoms with Crippen LogP contribution >= 0.6 is 0 Å². The van der Waals surface area contributed by atoms with Crippen LogP contribution in [0.3, 0.4) is 0 Å². The average Bonchev–Trinajstić information content (AvgIpc) is 3.57. The van der Waals surface area contributed by atoms with Crippen LogP contribution in [-0.2, 0) is 28.7 Å². The van der Waals surface area contributed by atoms with Gasteiger partial charge in [-0.25, -0.2) is 0 Å². The summed E-state index contributed by atoms with van der Waals surface area (Å²) in [5.41, 5.74) is -0.659. The van der Waals surface area contributed by atoms with Crippen LogP contribution in [0.4, 0.5) is 0 Å². The number of ether oxygens (including phenoxy) is 2. The van der Waals surface area contributed by atoms with Crippen molar-refractivity contribution >= 4 is 23.7 Å². The summed E-state index contributed by atoms with van der Waals surface area (Å²) in [4.78, 5) is 58.3. The van der Waals surface area contributed by atoms with Gasteiger partial charge in [0, 0.05) is 27.8 Å². The molecule has 2 saturated heterocycles. The van der Waals surface area contributed by atoms with Gasteiger partial charge in [0.1, 0.15) is 6.04 Å². The summed E-state index contributed by atoms with van der Waals surface area (Å²) in [5.74, 6) is -2.38. The SMILES string of the molecule is CC[C@H](C)[C@@H]([C@@H](CC(=O)N1CCC[C@H]1[C@H](OC)[C@@H](C)C(=O)O)OC)N(C)C(=O)[C@@H](NC(=O)[C@]1(C)CCCN1C)C(C)C. The third-order valence-electron chi connectivity index (χ3n) is 9.94. The second kappa shape index (κ2) is 15.5. The third-order valence-corrected chi connectivity index (χ3v) is 9.94. The van der Waals surface area contributed by atoms with E-state index < -0.39 is 41.7 Å². The minimum atomic E-state index is -0.965. The molecule has 0 aliphatic carbocycles. The minimum absolute atomic E-state index is 0.00632. The smallest absolute Gasteiger partial charge is 0.308 e. The van der Waals surface area contributed by atoms with Gasteiger partial charge in [0.2, 0.25) is 17.7 Å². The van der Waals surface area contributed by atoms with Crippen LogP contribution in [0.25, 0.3) is 0 Å². The fourth-order valence-corrected chi connectivity index (χ4v) is 6.71. The van der Waals surface area contributed by atoms with E-state index in [0.29, 0.717) is 13.0 Å². The molecule has 0 radical (unpaired) electrons. The van der Waals surface area contributed by atoms with Crippen LogP contribution in [0.15, 0.2) is 0 Å². The highest BCUT2D eigenvalue weighted by molar-refractivity contribution is 5.92. The van der Waals surface area contributed by atoms with Crippen LogP contribution in [0.5, 0.6) is 0 Å². The van der Waals surface area contributed by atoms with Crippen LogP contribution < -0.4 is 5.32 Å². The van der Waals surface area contributed by atoms with Gasteiger partial charge in [-0.05, 0) is 65.0 Å². The number of methoxy groups -OCH3 is 2. The molecule has 0 saturated carbocycles. The number of hydrogen-bond acceptors (Lipinski definition) is 7. The first kappa shape index (κ1) is 36.0. The van der Waals surface area contributed by atoms with Crippen molar-refractivity contribution in [3.05, 3.63) is 0 Å². The second-order valence-electron chi connectivity index (χ2n) is 12.9. The van der Waals surface area contributed by atoms with E-state index >= 15 is 0 Å². The van der Waals surface area contributed by atoms with Crippen molar-refractivity contribution < 1.29 is 33.8 Å². The number of carbonyl (C=O) groups excluding carboxylic acids is 3. The number of likely N-dealkylation sites (N-methyl/N-ethyl adjacent to an activating group) is 2. The summed E-state index contributed by atoms with van der Waals surface area (Å²) in [5, 5.41) is 12.6. The molecule has 2 aliphatic heterocycles. The first-order valence-electron chi connectivity index (χ1n) is 15.5. The molecule has 0 unspecified atom stereocenters. The van der Waals surface area contributed by atoms with Crippen molar-refractivity contribution in [3.63, 3.8) is 0 Å². The zero-order valence-corrected chi connectivity index (χ0v) is 27.5. The lowest BCUT2D eigenvalue weighted by Crippen LogP contribution is -2.61. The van der Waals surface area contributed by atoms with Crippen LogP contribution in [0.1, 0.15) is 80.1 Å². The Balaban J connectivity index is 2.28. The van der Waals surface area contributed by atoms with E-state index in [-0.39, 0.29) is 42.0 Å². The van der Waals surface area contributed by atoms with Crippen molar-refractivity contribution in [1.29, 1.82) is 0 Å². The zero-order chi connectivity index (χ0) is 31.9. The van der Waals surface area contributed by atoms with E-state index in [2.05, 4.69) is 5.32 Å². The van der Waals surface area contributed by atoms with Gasteiger partial charge in [-0.15, -0.1) is 0 Å². The van der Waals surface area contributed by atoms with Gasteiger partial charge in [-0.3, -0.25) is 24.1 Å². The lowest BCUT2D eigenvalue weighted by atomic mass is 9.89. The van der Waals surface area contributed by atoms with E-state index in [1.807, 2.05) is 46.6 Å². The standard InChI is InChI=1S/C31H56N4O7/c1-11-20(4)26(34(8)28(37)25(19(2)3)32-30(40)31(6)15-13-16-33(31)7)23(41-9)18-24(36)35-17-12-14-22(35)27(42-10)21(5)29(38)39/h19-23,25-27H,11-18H2,1-10H3,(H,32,40)(H,38,39)/t20-,21+,22-,23+,25-,26-,27+,31-/m0/s1. The number of carboxylic acids is 1. The molecule has 0 spiro atoms. The van der Waals surface area contributed by atoms with Crippen molar-refractivity contribution in [2.24, 2.45) is 17.8 Å². The summed E-state index contributed by atoms with van der Waals surface area (Å²) in [6.07, 6.45) is 2.67. The minimum Gasteiger partial charge on any atom is -0.481 e. The van der Waals surface area contributed by atoms with Crippen molar-refractivity contribution in [1.82, 2.24) is 20.0 Å². The molecule has 11 nitrogen and oxygen atoms in total. The first-order chi connectivity index (χ1) is 19.7. The van der Waals surface area contributed by atoms with Crippen LogP contribution in [0.2, 0.25) is 0 Å². The van der Waals surface area contributed by atoms with Crippen LogP contribution in [0, 0.1) is 17.8 Å². The Hall–Kier alpha value is -2.24. The van der Waals surface area contributed by atoms with Gasteiger partial charge in [0.15, 0.2) is 0 Å². The van der Waals surface area contributed by atoms with E-state index in [1.54, 1.807) is 30.9 Å². The topological polar surface area (TPSA) is 129 Å². The molecule has 2 fully saturated rings. The number of rotatable bonds is 15. The number of hydrogen-bond donors (Lipinski definition) is 2. The normalized spacial score (nSPS) is 25.5. The predicted molar refractivity (Wildman–Crippen MR) is 161 cm³/mol. The summed E-state index contributed by atoms with van der Waals surface area (Å²) < 4.78 is 11.5. The Morgan fingerprint density at radius 1 is 1.07 bits per heavy atom. The number of nitrogens with zero attached hydrogens (tertiary/aromatic N) is 3. The molecule has 0 aromatic carbocycles. The lowest BCUT2D eigenvalue weighted by Gasteiger charge is -2.41. The second-order valence-corrected chi connectivity index (χ2v) is 12.9. The fraction of sp³-hybridized carbons (Fsp3) is 0.871. The molecule has 2 aliphatic rings. The maximum absolute atomic E-state index is 14.0. The molecule has 2 N–H and O–H groups in total. The van der Waals surface area contributed by atoms with Gasteiger partial charge >= 0.3 is 5.97 Å². The quantitative estimate of drug-likeness (QED) is 0.295. The van der Waals surface area contributed by atoms with Gasteiger partial charge in [0.25, 0.3) is 0 Å². The highest BCUT2D eigenvalue weighted by Gasteiger charge is 2.45. The average molecular weight is 597 g/mol. The molecule has 8 atom stereocenters. The summed E-state index contributed by atoms with van der Waals surface area (Å²) in [7, 11) is 6.70. The van der Waals surface area contributed by atoms with Gasteiger partial charge in [0.05, 0.1) is 42.2 Å². The van der Waals surface area contributed by atoms with Gasteiger partial charge < -0.3 is 29.7 Å². The van der Waals surface area contributed by atoms with Crippen molar-refractivity contribution in [2.45, 2.75) is 116 Å².